The van der Waals surface area contributed by atoms with Gasteiger partial charge in [0.05, 0.1) is 20.3 Å². The summed E-state index contributed by atoms with van der Waals surface area (Å²) in [6.45, 7) is 6.04. The first-order valence-corrected chi connectivity index (χ1v) is 8.17. The van der Waals surface area contributed by atoms with Crippen molar-refractivity contribution in [2.75, 3.05) is 53.6 Å². The number of methoxy groups -OCH3 is 1. The Morgan fingerprint density at radius 1 is 1.33 bits per heavy atom. The van der Waals surface area contributed by atoms with Crippen LogP contribution in [0.2, 0.25) is 5.02 Å². The van der Waals surface area contributed by atoms with Crippen LogP contribution in [-0.4, -0.2) is 64.4 Å². The quantitative estimate of drug-likeness (QED) is 0.380. The third kappa shape index (κ3) is 7.00. The van der Waals surface area contributed by atoms with E-state index in [1.165, 1.54) is 0 Å². The van der Waals surface area contributed by atoms with Crippen molar-refractivity contribution in [1.29, 1.82) is 0 Å². The Bertz CT molecular complexity index is 525. The van der Waals surface area contributed by atoms with E-state index >= 15 is 0 Å². The highest BCUT2D eigenvalue weighted by molar-refractivity contribution is 14.0. The largest absolute Gasteiger partial charge is 0.496 e. The second kappa shape index (κ2) is 11.7. The van der Waals surface area contributed by atoms with Gasteiger partial charge in [0.1, 0.15) is 5.75 Å². The summed E-state index contributed by atoms with van der Waals surface area (Å²) >= 11 is 6.05. The van der Waals surface area contributed by atoms with E-state index in [9.17, 15) is 0 Å². The van der Waals surface area contributed by atoms with Gasteiger partial charge in [-0.3, -0.25) is 9.89 Å². The smallest absolute Gasteiger partial charge is 0.191 e. The Morgan fingerprint density at radius 2 is 2.08 bits per heavy atom. The highest BCUT2D eigenvalue weighted by Crippen LogP contribution is 2.22. The lowest BCUT2D eigenvalue weighted by molar-refractivity contribution is 0.0389. The number of ether oxygens (including phenoxy) is 2. The molecule has 1 heterocycles. The molecule has 0 amide bonds. The van der Waals surface area contributed by atoms with Crippen molar-refractivity contribution in [3.8, 4) is 5.75 Å². The molecule has 1 aromatic carbocycles. The van der Waals surface area contributed by atoms with Crippen LogP contribution in [0.1, 0.15) is 5.56 Å². The minimum Gasteiger partial charge on any atom is -0.496 e. The topological polar surface area (TPSA) is 58.1 Å². The molecule has 1 aliphatic heterocycles. The first-order chi connectivity index (χ1) is 11.2. The fourth-order valence-corrected chi connectivity index (χ4v) is 2.64. The monoisotopic (exact) mass is 468 g/mol. The molecule has 1 aromatic rings. The van der Waals surface area contributed by atoms with E-state index in [0.717, 1.165) is 56.7 Å². The molecular weight excluding hydrogens is 443 g/mol. The van der Waals surface area contributed by atoms with Gasteiger partial charge >= 0.3 is 0 Å². The van der Waals surface area contributed by atoms with Crippen molar-refractivity contribution in [2.24, 2.45) is 4.99 Å². The van der Waals surface area contributed by atoms with Crippen molar-refractivity contribution in [3.63, 3.8) is 0 Å². The van der Waals surface area contributed by atoms with Gasteiger partial charge in [-0.1, -0.05) is 11.6 Å². The van der Waals surface area contributed by atoms with Gasteiger partial charge in [-0.2, -0.15) is 0 Å². The number of hydrogen-bond acceptors (Lipinski definition) is 4. The molecule has 0 aromatic heterocycles. The third-order valence-electron chi connectivity index (χ3n) is 3.74. The van der Waals surface area contributed by atoms with Crippen molar-refractivity contribution >= 4 is 41.5 Å². The highest BCUT2D eigenvalue weighted by atomic mass is 127. The summed E-state index contributed by atoms with van der Waals surface area (Å²) in [5, 5.41) is 7.30. The number of aliphatic imine (C=N–C) groups is 1. The molecule has 0 saturated carbocycles. The molecular formula is C16H26ClIN4O2. The maximum Gasteiger partial charge on any atom is 0.191 e. The van der Waals surface area contributed by atoms with Crippen LogP contribution in [-0.2, 0) is 11.3 Å². The molecule has 2 rings (SSSR count). The van der Waals surface area contributed by atoms with Gasteiger partial charge in [-0.05, 0) is 18.2 Å². The van der Waals surface area contributed by atoms with E-state index in [1.54, 1.807) is 14.2 Å². The number of nitrogens with zero attached hydrogens (tertiary/aromatic N) is 2. The molecule has 0 radical (unpaired) electrons. The molecule has 1 aliphatic rings. The molecule has 6 nitrogen and oxygen atoms in total. The van der Waals surface area contributed by atoms with Gasteiger partial charge in [-0.15, -0.1) is 24.0 Å². The number of rotatable bonds is 6. The summed E-state index contributed by atoms with van der Waals surface area (Å²) in [5.74, 6) is 1.57. The Morgan fingerprint density at radius 3 is 2.75 bits per heavy atom. The zero-order chi connectivity index (χ0) is 16.5. The Kier molecular flexibility index (Phi) is 10.4. The van der Waals surface area contributed by atoms with Gasteiger partial charge in [0.25, 0.3) is 0 Å². The van der Waals surface area contributed by atoms with Crippen molar-refractivity contribution in [2.45, 2.75) is 6.54 Å². The van der Waals surface area contributed by atoms with Crippen LogP contribution in [0.25, 0.3) is 0 Å². The van der Waals surface area contributed by atoms with Crippen LogP contribution in [0.15, 0.2) is 23.2 Å². The normalized spacial score (nSPS) is 15.5. The van der Waals surface area contributed by atoms with Gasteiger partial charge < -0.3 is 20.1 Å². The predicted molar refractivity (Wildman–Crippen MR) is 109 cm³/mol. The maximum atomic E-state index is 6.05. The Labute approximate surface area is 166 Å². The van der Waals surface area contributed by atoms with Gasteiger partial charge in [-0.25, -0.2) is 0 Å². The minimum absolute atomic E-state index is 0. The lowest BCUT2D eigenvalue weighted by Crippen LogP contribution is -2.44. The number of benzene rings is 1. The molecule has 8 heteroatoms. The van der Waals surface area contributed by atoms with E-state index < -0.39 is 0 Å². The molecule has 136 valence electrons. The summed E-state index contributed by atoms with van der Waals surface area (Å²) in [6, 6.07) is 5.58. The zero-order valence-electron chi connectivity index (χ0n) is 14.2. The van der Waals surface area contributed by atoms with E-state index in [0.29, 0.717) is 11.6 Å². The first kappa shape index (κ1) is 21.3. The van der Waals surface area contributed by atoms with Crippen molar-refractivity contribution in [1.82, 2.24) is 15.5 Å². The highest BCUT2D eigenvalue weighted by Gasteiger charge is 2.10. The average molecular weight is 469 g/mol. The summed E-state index contributed by atoms with van der Waals surface area (Å²) < 4.78 is 10.7. The second-order valence-electron chi connectivity index (χ2n) is 5.26. The minimum atomic E-state index is 0. The molecule has 0 aliphatic carbocycles. The average Bonchev–Trinajstić information content (AvgIpc) is 2.59. The second-order valence-corrected chi connectivity index (χ2v) is 5.70. The van der Waals surface area contributed by atoms with Crippen LogP contribution in [0.5, 0.6) is 5.75 Å². The summed E-state index contributed by atoms with van der Waals surface area (Å²) in [7, 11) is 3.42. The van der Waals surface area contributed by atoms with E-state index in [4.69, 9.17) is 21.1 Å². The van der Waals surface area contributed by atoms with Gasteiger partial charge in [0.2, 0.25) is 0 Å². The fraction of sp³-hybridized carbons (Fsp3) is 0.562. The predicted octanol–water partition coefficient (Wildman–Crippen LogP) is 1.96. The van der Waals surface area contributed by atoms with E-state index in [-0.39, 0.29) is 24.0 Å². The molecule has 2 N–H and O–H groups in total. The van der Waals surface area contributed by atoms with Crippen LogP contribution >= 0.6 is 35.6 Å². The number of halogens is 2. The number of guanidine groups is 1. The van der Waals surface area contributed by atoms with E-state index in [1.807, 2.05) is 18.2 Å². The van der Waals surface area contributed by atoms with Crippen LogP contribution in [0, 0.1) is 0 Å². The first-order valence-electron chi connectivity index (χ1n) is 7.80. The molecule has 0 atom stereocenters. The fourth-order valence-electron chi connectivity index (χ4n) is 2.44. The molecule has 0 spiro atoms. The Hall–Kier alpha value is -0.770. The molecule has 24 heavy (non-hydrogen) atoms. The number of morpholine rings is 1. The maximum absolute atomic E-state index is 6.05. The van der Waals surface area contributed by atoms with E-state index in [2.05, 4.69) is 20.5 Å². The lowest BCUT2D eigenvalue weighted by atomic mass is 10.2. The SMILES string of the molecule is CN=C(NCCN1CCOCC1)NCc1cc(Cl)ccc1OC.I. The summed E-state index contributed by atoms with van der Waals surface area (Å²) in [6.07, 6.45) is 0. The molecule has 1 fully saturated rings. The standard InChI is InChI=1S/C16H25ClN4O2.HI/c1-18-16(19-5-6-21-7-9-23-10-8-21)20-12-13-11-14(17)3-4-15(13)22-2;/h3-4,11H,5-10,12H2,1-2H3,(H2,18,19,20);1H. The number of nitrogens with one attached hydrogen (secondary N) is 2. The summed E-state index contributed by atoms with van der Waals surface area (Å²) in [4.78, 5) is 6.62. The van der Waals surface area contributed by atoms with Crippen LogP contribution < -0.4 is 15.4 Å². The molecule has 0 unspecified atom stereocenters. The van der Waals surface area contributed by atoms with Gasteiger partial charge in [0.15, 0.2) is 5.96 Å². The van der Waals surface area contributed by atoms with Gasteiger partial charge in [0, 0.05) is 50.4 Å². The molecule has 1 saturated heterocycles. The van der Waals surface area contributed by atoms with Crippen molar-refractivity contribution in [3.05, 3.63) is 28.8 Å². The van der Waals surface area contributed by atoms with Crippen LogP contribution in [0.3, 0.4) is 0 Å². The Balaban J connectivity index is 0.00000288. The lowest BCUT2D eigenvalue weighted by Gasteiger charge is -2.26. The van der Waals surface area contributed by atoms with Crippen molar-refractivity contribution < 1.29 is 9.47 Å². The number of hydrogen-bond donors (Lipinski definition) is 2. The van der Waals surface area contributed by atoms with Crippen LogP contribution in [0.4, 0.5) is 0 Å². The third-order valence-corrected chi connectivity index (χ3v) is 3.97. The summed E-state index contributed by atoms with van der Waals surface area (Å²) in [5.41, 5.74) is 0.996. The molecule has 0 bridgehead atoms. The zero-order valence-corrected chi connectivity index (χ0v) is 17.3.